The average Bonchev–Trinajstić information content (AvgIpc) is 2.95. The van der Waals surface area contributed by atoms with Crippen molar-refractivity contribution in [2.45, 2.75) is 19.3 Å². The minimum atomic E-state index is -0.524. The lowest BCUT2D eigenvalue weighted by Crippen LogP contribution is -2.18. The molecule has 1 aliphatic carbocycles. The molecule has 0 atom stereocenters. The quantitative estimate of drug-likeness (QED) is 0.836. The van der Waals surface area contributed by atoms with Crippen LogP contribution in [-0.2, 0) is 6.42 Å². The van der Waals surface area contributed by atoms with Crippen molar-refractivity contribution in [3.05, 3.63) is 27.8 Å². The Hall–Kier alpha value is -0.380. The van der Waals surface area contributed by atoms with Crippen LogP contribution in [0.15, 0.2) is 6.07 Å². The van der Waals surface area contributed by atoms with Crippen LogP contribution < -0.4 is 5.73 Å². The molecule has 15 heavy (non-hydrogen) atoms. The number of aromatic nitrogens is 1. The Morgan fingerprint density at radius 2 is 2.07 bits per heavy atom. The molecule has 2 N–H and O–H groups in total. The van der Waals surface area contributed by atoms with Crippen LogP contribution in [0.1, 0.15) is 18.4 Å². The van der Waals surface area contributed by atoms with Crippen molar-refractivity contribution in [2.24, 2.45) is 11.1 Å². The molecule has 2 nitrogen and oxygen atoms in total. The molecule has 0 radical (unpaired) electrons. The molecule has 0 unspecified atom stereocenters. The molecule has 82 valence electrons. The van der Waals surface area contributed by atoms with E-state index in [0.29, 0.717) is 18.5 Å². The summed E-state index contributed by atoms with van der Waals surface area (Å²) in [6.45, 7) is 0.605. The Morgan fingerprint density at radius 1 is 1.40 bits per heavy atom. The molecule has 0 aliphatic heterocycles. The number of pyridine rings is 1. The standard InChI is InChI=1S/C10H11Cl2FN2/c11-8-6(3-7(13)9(12)15-8)4-10(5-14)1-2-10/h3H,1-2,4-5,14H2. The molecular formula is C10H11Cl2FN2. The first kappa shape index (κ1) is 11.1. The number of hydrogen-bond acceptors (Lipinski definition) is 2. The highest BCUT2D eigenvalue weighted by Gasteiger charge is 2.41. The highest BCUT2D eigenvalue weighted by atomic mass is 35.5. The van der Waals surface area contributed by atoms with Crippen molar-refractivity contribution in [2.75, 3.05) is 6.54 Å². The second kappa shape index (κ2) is 3.89. The molecular weight excluding hydrogens is 238 g/mol. The predicted octanol–water partition coefficient (Wildman–Crippen LogP) is 2.81. The topological polar surface area (TPSA) is 38.9 Å². The Kier molecular flexibility index (Phi) is 2.88. The third-order valence-electron chi connectivity index (χ3n) is 2.91. The van der Waals surface area contributed by atoms with Gasteiger partial charge >= 0.3 is 0 Å². The van der Waals surface area contributed by atoms with E-state index in [-0.39, 0.29) is 15.7 Å². The monoisotopic (exact) mass is 248 g/mol. The van der Waals surface area contributed by atoms with E-state index in [1.807, 2.05) is 0 Å². The lowest BCUT2D eigenvalue weighted by molar-refractivity contribution is 0.517. The van der Waals surface area contributed by atoms with Crippen molar-refractivity contribution in [3.8, 4) is 0 Å². The fourth-order valence-electron chi connectivity index (χ4n) is 1.64. The molecule has 1 heterocycles. The highest BCUT2D eigenvalue weighted by Crippen LogP contribution is 2.48. The van der Waals surface area contributed by atoms with Gasteiger partial charge in [-0.3, -0.25) is 0 Å². The van der Waals surface area contributed by atoms with E-state index >= 15 is 0 Å². The second-order valence-electron chi connectivity index (χ2n) is 4.09. The summed E-state index contributed by atoms with van der Waals surface area (Å²) in [5.74, 6) is -0.524. The summed E-state index contributed by atoms with van der Waals surface area (Å²) in [5.41, 5.74) is 6.46. The SMILES string of the molecule is NCC1(Cc2cc(F)c(Cl)nc2Cl)CC1. The Labute approximate surface area is 97.6 Å². The summed E-state index contributed by atoms with van der Waals surface area (Å²) in [6, 6.07) is 1.35. The molecule has 1 aliphatic rings. The highest BCUT2D eigenvalue weighted by molar-refractivity contribution is 6.32. The summed E-state index contributed by atoms with van der Waals surface area (Å²) in [6.07, 6.45) is 2.83. The minimum Gasteiger partial charge on any atom is -0.330 e. The molecule has 1 aromatic rings. The molecule has 0 saturated heterocycles. The van der Waals surface area contributed by atoms with Crippen LogP contribution >= 0.6 is 23.2 Å². The van der Waals surface area contributed by atoms with Crippen LogP contribution in [0.3, 0.4) is 0 Å². The normalized spacial score (nSPS) is 17.9. The maximum Gasteiger partial charge on any atom is 0.166 e. The van der Waals surface area contributed by atoms with E-state index in [9.17, 15) is 4.39 Å². The van der Waals surface area contributed by atoms with Crippen LogP contribution in [0.4, 0.5) is 4.39 Å². The first-order chi connectivity index (χ1) is 7.06. The molecule has 0 aromatic carbocycles. The summed E-state index contributed by atoms with van der Waals surface area (Å²) in [7, 11) is 0. The zero-order valence-corrected chi connectivity index (χ0v) is 9.58. The van der Waals surface area contributed by atoms with Crippen LogP contribution in [0, 0.1) is 11.2 Å². The summed E-state index contributed by atoms with van der Waals surface area (Å²) in [4.78, 5) is 3.73. The van der Waals surface area contributed by atoms with Gasteiger partial charge in [0.15, 0.2) is 11.0 Å². The van der Waals surface area contributed by atoms with Gasteiger partial charge in [0.25, 0.3) is 0 Å². The van der Waals surface area contributed by atoms with Gasteiger partial charge in [0.2, 0.25) is 0 Å². The number of nitrogens with zero attached hydrogens (tertiary/aromatic N) is 1. The van der Waals surface area contributed by atoms with E-state index in [1.54, 1.807) is 0 Å². The molecule has 1 saturated carbocycles. The zero-order chi connectivity index (χ0) is 11.1. The maximum atomic E-state index is 13.2. The van der Waals surface area contributed by atoms with Gasteiger partial charge in [0.1, 0.15) is 5.15 Å². The molecule has 2 rings (SSSR count). The summed E-state index contributed by atoms with van der Waals surface area (Å²) >= 11 is 11.4. The molecule has 0 spiro atoms. The minimum absolute atomic E-state index is 0.117. The van der Waals surface area contributed by atoms with Crippen LogP contribution in [0.2, 0.25) is 10.3 Å². The number of hydrogen-bond donors (Lipinski definition) is 1. The van der Waals surface area contributed by atoms with Crippen LogP contribution in [0.25, 0.3) is 0 Å². The van der Waals surface area contributed by atoms with E-state index in [1.165, 1.54) is 6.07 Å². The largest absolute Gasteiger partial charge is 0.330 e. The predicted molar refractivity (Wildman–Crippen MR) is 58.6 cm³/mol. The van der Waals surface area contributed by atoms with Gasteiger partial charge in [-0.05, 0) is 42.9 Å². The lowest BCUT2D eigenvalue weighted by atomic mass is 9.98. The molecule has 1 fully saturated rings. The molecule has 1 aromatic heterocycles. The van der Waals surface area contributed by atoms with Gasteiger partial charge in [-0.1, -0.05) is 23.2 Å². The zero-order valence-electron chi connectivity index (χ0n) is 8.06. The molecule has 0 amide bonds. The van der Waals surface area contributed by atoms with Gasteiger partial charge in [0, 0.05) is 0 Å². The van der Waals surface area contributed by atoms with Crippen molar-refractivity contribution in [1.82, 2.24) is 4.98 Å². The first-order valence-corrected chi connectivity index (χ1v) is 5.52. The Balaban J connectivity index is 2.25. The van der Waals surface area contributed by atoms with Gasteiger partial charge in [-0.15, -0.1) is 0 Å². The number of halogens is 3. The summed E-state index contributed by atoms with van der Waals surface area (Å²) in [5, 5.41) is 0.0995. The molecule has 0 bridgehead atoms. The smallest absolute Gasteiger partial charge is 0.166 e. The second-order valence-corrected chi connectivity index (χ2v) is 4.81. The maximum absolute atomic E-state index is 13.2. The Bertz CT molecular complexity index is 391. The number of nitrogens with two attached hydrogens (primary N) is 1. The fourth-order valence-corrected chi connectivity index (χ4v) is 2.03. The fraction of sp³-hybridized carbons (Fsp3) is 0.500. The summed E-state index contributed by atoms with van der Waals surface area (Å²) < 4.78 is 13.2. The Morgan fingerprint density at radius 3 is 2.60 bits per heavy atom. The van der Waals surface area contributed by atoms with Crippen LogP contribution in [-0.4, -0.2) is 11.5 Å². The van der Waals surface area contributed by atoms with Crippen molar-refractivity contribution < 1.29 is 4.39 Å². The average molecular weight is 249 g/mol. The van der Waals surface area contributed by atoms with Gasteiger partial charge in [-0.2, -0.15) is 0 Å². The lowest BCUT2D eigenvalue weighted by Gasteiger charge is -2.13. The van der Waals surface area contributed by atoms with Gasteiger partial charge in [-0.25, -0.2) is 9.37 Å². The van der Waals surface area contributed by atoms with E-state index in [0.717, 1.165) is 12.8 Å². The third-order valence-corrected chi connectivity index (χ3v) is 3.51. The van der Waals surface area contributed by atoms with E-state index in [4.69, 9.17) is 28.9 Å². The van der Waals surface area contributed by atoms with E-state index < -0.39 is 5.82 Å². The van der Waals surface area contributed by atoms with Crippen LogP contribution in [0.5, 0.6) is 0 Å². The van der Waals surface area contributed by atoms with Crippen molar-refractivity contribution in [1.29, 1.82) is 0 Å². The third kappa shape index (κ3) is 2.25. The van der Waals surface area contributed by atoms with E-state index in [2.05, 4.69) is 4.98 Å². The van der Waals surface area contributed by atoms with Crippen molar-refractivity contribution in [3.63, 3.8) is 0 Å². The van der Waals surface area contributed by atoms with Gasteiger partial charge < -0.3 is 5.73 Å². The first-order valence-electron chi connectivity index (χ1n) is 4.77. The van der Waals surface area contributed by atoms with Crippen molar-refractivity contribution >= 4 is 23.2 Å². The molecule has 5 heteroatoms. The van der Waals surface area contributed by atoms with Gasteiger partial charge in [0.05, 0.1) is 0 Å². The number of rotatable bonds is 3.